The number of ether oxygens (including phenoxy) is 2. The van der Waals surface area contributed by atoms with Crippen LogP contribution in [0.3, 0.4) is 0 Å². The fraction of sp³-hybridized carbons (Fsp3) is 0.469. The Kier molecular flexibility index (Phi) is 8.95. The second-order valence-corrected chi connectivity index (χ2v) is 17.3. The molecule has 0 radical (unpaired) electrons. The van der Waals surface area contributed by atoms with Crippen molar-refractivity contribution in [3.63, 3.8) is 0 Å². The number of hydrogen-bond acceptors (Lipinski definition) is 6. The zero-order chi connectivity index (χ0) is 29.1. The Morgan fingerprint density at radius 1 is 0.975 bits per heavy atom. The summed E-state index contributed by atoms with van der Waals surface area (Å²) in [7, 11) is -2.39. The molecule has 0 saturated carbocycles. The number of cyclic esters (lactones) is 1. The molecule has 4 rings (SSSR count). The summed E-state index contributed by atoms with van der Waals surface area (Å²) >= 11 is 0. The summed E-state index contributed by atoms with van der Waals surface area (Å²) < 4.78 is 25.1. The lowest BCUT2D eigenvalue weighted by molar-refractivity contribution is -0.153. The van der Waals surface area contributed by atoms with Gasteiger partial charge < -0.3 is 23.4 Å². The molecular weight excluding hydrogens is 522 g/mol. The summed E-state index contributed by atoms with van der Waals surface area (Å²) in [6, 6.07) is 22.8. The highest BCUT2D eigenvalue weighted by Gasteiger charge is 2.54. The molecule has 7 nitrogen and oxygen atoms in total. The molecule has 216 valence electrons. The van der Waals surface area contributed by atoms with Crippen molar-refractivity contribution in [3.8, 4) is 0 Å². The Morgan fingerprint density at radius 2 is 1.57 bits per heavy atom. The normalized spacial score (nSPS) is 19.8. The molecule has 1 aliphatic rings. The van der Waals surface area contributed by atoms with Crippen LogP contribution in [-0.4, -0.2) is 48.4 Å². The summed E-state index contributed by atoms with van der Waals surface area (Å²) in [6.07, 6.45) is -1.58. The van der Waals surface area contributed by atoms with E-state index in [1.165, 1.54) is 4.90 Å². The lowest BCUT2D eigenvalue weighted by Gasteiger charge is -2.43. The maximum Gasteiger partial charge on any atom is 0.412 e. The Labute approximate surface area is 239 Å². The van der Waals surface area contributed by atoms with E-state index in [4.69, 9.17) is 18.3 Å². The smallest absolute Gasteiger partial charge is 0.412 e. The zero-order valence-electron chi connectivity index (χ0n) is 24.7. The highest BCUT2D eigenvalue weighted by molar-refractivity contribution is 6.74. The molecule has 0 spiro atoms. The van der Waals surface area contributed by atoms with Gasteiger partial charge in [0.25, 0.3) is 0 Å². The van der Waals surface area contributed by atoms with E-state index in [9.17, 15) is 9.90 Å². The van der Waals surface area contributed by atoms with Gasteiger partial charge in [0.2, 0.25) is 0 Å². The molecule has 1 amide bonds. The summed E-state index contributed by atoms with van der Waals surface area (Å²) in [5.41, 5.74) is 1.14. The predicted octanol–water partition coefficient (Wildman–Crippen LogP) is 7.09. The lowest BCUT2D eigenvalue weighted by Crippen LogP contribution is -2.55. The molecule has 2 heterocycles. The van der Waals surface area contributed by atoms with Crippen molar-refractivity contribution in [2.45, 2.75) is 95.9 Å². The van der Waals surface area contributed by atoms with E-state index in [-0.39, 0.29) is 11.6 Å². The van der Waals surface area contributed by atoms with Crippen molar-refractivity contribution in [1.29, 1.82) is 0 Å². The van der Waals surface area contributed by atoms with Gasteiger partial charge in [-0.25, -0.2) is 4.79 Å². The number of carbonyl (C=O) groups excluding carboxylic acids is 1. The zero-order valence-corrected chi connectivity index (χ0v) is 25.7. The van der Waals surface area contributed by atoms with E-state index in [0.717, 1.165) is 11.1 Å². The van der Waals surface area contributed by atoms with Gasteiger partial charge in [-0.2, -0.15) is 0 Å². The van der Waals surface area contributed by atoms with Crippen molar-refractivity contribution in [3.05, 3.63) is 95.9 Å². The van der Waals surface area contributed by atoms with Crippen LogP contribution in [0.2, 0.25) is 18.1 Å². The van der Waals surface area contributed by atoms with Crippen molar-refractivity contribution in [1.82, 2.24) is 4.90 Å². The van der Waals surface area contributed by atoms with E-state index >= 15 is 0 Å². The number of furan rings is 1. The number of amides is 1. The molecule has 1 N–H and O–H groups in total. The molecule has 1 saturated heterocycles. The van der Waals surface area contributed by atoms with Gasteiger partial charge in [-0.1, -0.05) is 81.4 Å². The third-order valence-corrected chi connectivity index (χ3v) is 12.6. The van der Waals surface area contributed by atoms with Gasteiger partial charge in [-0.05, 0) is 61.7 Å². The van der Waals surface area contributed by atoms with Crippen LogP contribution in [0.5, 0.6) is 0 Å². The van der Waals surface area contributed by atoms with Crippen LogP contribution >= 0.6 is 0 Å². The van der Waals surface area contributed by atoms with E-state index in [2.05, 4.69) is 33.9 Å². The molecule has 1 fully saturated rings. The Bertz CT molecular complexity index is 1220. The number of carbonyl (C=O) groups is 1. The summed E-state index contributed by atoms with van der Waals surface area (Å²) in [4.78, 5) is 14.8. The van der Waals surface area contributed by atoms with Crippen LogP contribution in [0.15, 0.2) is 83.5 Å². The first-order chi connectivity index (χ1) is 18.8. The van der Waals surface area contributed by atoms with Gasteiger partial charge in [0.15, 0.2) is 14.5 Å². The molecule has 3 aromatic rings. The quantitative estimate of drug-likeness (QED) is 0.250. The van der Waals surface area contributed by atoms with Crippen LogP contribution < -0.4 is 0 Å². The summed E-state index contributed by atoms with van der Waals surface area (Å²) in [6.45, 7) is 14.7. The third kappa shape index (κ3) is 6.69. The van der Waals surface area contributed by atoms with Crippen LogP contribution in [-0.2, 0) is 26.9 Å². The van der Waals surface area contributed by atoms with Crippen molar-refractivity contribution < 1.29 is 28.2 Å². The van der Waals surface area contributed by atoms with Crippen molar-refractivity contribution in [2.75, 3.05) is 0 Å². The van der Waals surface area contributed by atoms with Crippen molar-refractivity contribution in [2.24, 2.45) is 0 Å². The molecule has 1 aliphatic heterocycles. The Hall–Kier alpha value is -2.91. The first-order valence-electron chi connectivity index (χ1n) is 13.9. The van der Waals surface area contributed by atoms with E-state index in [1.54, 1.807) is 12.3 Å². The van der Waals surface area contributed by atoms with Crippen LogP contribution in [0, 0.1) is 0 Å². The SMILES string of the molecule is CC1(C)OC(=O)N([C@@H](O)[C@@H](OCc2ccccc2)[C@H](O[Si](C)(C)C(C)(C)C)c2ccco2)[C@H]1Cc1ccccc1. The lowest BCUT2D eigenvalue weighted by atomic mass is 9.91. The number of benzene rings is 2. The van der Waals surface area contributed by atoms with Gasteiger partial charge in [0, 0.05) is 0 Å². The van der Waals surface area contributed by atoms with Gasteiger partial charge in [0.05, 0.1) is 18.9 Å². The second kappa shape index (κ2) is 11.9. The van der Waals surface area contributed by atoms with Gasteiger partial charge in [-0.15, -0.1) is 0 Å². The highest BCUT2D eigenvalue weighted by Crippen LogP contribution is 2.43. The molecule has 0 bridgehead atoms. The minimum absolute atomic E-state index is 0.114. The maximum absolute atomic E-state index is 13.4. The average molecular weight is 566 g/mol. The number of rotatable bonds is 11. The molecule has 40 heavy (non-hydrogen) atoms. The molecule has 0 unspecified atom stereocenters. The minimum Gasteiger partial charge on any atom is -0.467 e. The molecular formula is C32H43NO6Si. The molecule has 0 aliphatic carbocycles. The second-order valence-electron chi connectivity index (χ2n) is 12.6. The standard InChI is InChI=1S/C32H43NO6Si/c1-31(2,3)40(6,7)39-27(25-19-14-20-36-25)28(37-22-24-17-12-9-13-18-24)29(34)33-26(32(4,5)38-30(33)35)21-23-15-10-8-11-16-23/h8-20,26-29,34H,21-22H2,1-7H3/t26-,27+,28-,29-/m0/s1. The Balaban J connectivity index is 1.74. The van der Waals surface area contributed by atoms with E-state index < -0.39 is 44.5 Å². The predicted molar refractivity (Wildman–Crippen MR) is 157 cm³/mol. The molecule has 4 atom stereocenters. The summed E-state index contributed by atoms with van der Waals surface area (Å²) in [5, 5.41) is 12.0. The fourth-order valence-electron chi connectivity index (χ4n) is 4.77. The van der Waals surface area contributed by atoms with Gasteiger partial charge >= 0.3 is 6.09 Å². The van der Waals surface area contributed by atoms with Crippen LogP contribution in [0.4, 0.5) is 4.79 Å². The number of hydrogen-bond donors (Lipinski definition) is 1. The van der Waals surface area contributed by atoms with E-state index in [1.807, 2.05) is 80.6 Å². The minimum atomic E-state index is -2.39. The largest absolute Gasteiger partial charge is 0.467 e. The number of aliphatic hydroxyl groups is 1. The number of aliphatic hydroxyl groups excluding tert-OH is 1. The van der Waals surface area contributed by atoms with Crippen LogP contribution in [0.25, 0.3) is 0 Å². The van der Waals surface area contributed by atoms with Gasteiger partial charge in [0.1, 0.15) is 23.6 Å². The summed E-state index contributed by atoms with van der Waals surface area (Å²) in [5.74, 6) is 0.536. The molecule has 2 aromatic carbocycles. The van der Waals surface area contributed by atoms with Gasteiger partial charge in [-0.3, -0.25) is 4.90 Å². The Morgan fingerprint density at radius 3 is 2.12 bits per heavy atom. The van der Waals surface area contributed by atoms with Crippen LogP contribution in [0.1, 0.15) is 57.6 Å². The molecule has 1 aromatic heterocycles. The van der Waals surface area contributed by atoms with E-state index in [0.29, 0.717) is 12.2 Å². The highest BCUT2D eigenvalue weighted by atomic mass is 28.4. The monoisotopic (exact) mass is 565 g/mol. The average Bonchev–Trinajstić information content (AvgIpc) is 3.50. The number of nitrogens with zero attached hydrogens (tertiary/aromatic N) is 1. The first kappa shape index (κ1) is 30.1. The van der Waals surface area contributed by atoms with Crippen molar-refractivity contribution >= 4 is 14.4 Å². The first-order valence-corrected chi connectivity index (χ1v) is 16.8. The third-order valence-electron chi connectivity index (χ3n) is 8.19. The molecule has 8 heteroatoms. The fourth-order valence-corrected chi connectivity index (χ4v) is 6.01. The topological polar surface area (TPSA) is 81.4 Å². The maximum atomic E-state index is 13.4.